The lowest BCUT2D eigenvalue weighted by molar-refractivity contribution is -0.133. The standard InChI is InChI=1S/C17H21N3O2S/c21-17(4-3-16-19-9-11-23-16)20(13-15-2-1-10-22-15)12-14-5-7-18-8-6-14/h5-9,11,15H,1-4,10,12-13H2/t15-/m1/s1. The molecule has 3 heterocycles. The Morgan fingerprint density at radius 2 is 2.22 bits per heavy atom. The van der Waals surface area contributed by atoms with E-state index in [0.717, 1.165) is 30.0 Å². The van der Waals surface area contributed by atoms with Gasteiger partial charge in [-0.05, 0) is 30.5 Å². The molecule has 2 aromatic heterocycles. The Morgan fingerprint density at radius 1 is 1.35 bits per heavy atom. The van der Waals surface area contributed by atoms with Gasteiger partial charge in [0, 0.05) is 56.5 Å². The summed E-state index contributed by atoms with van der Waals surface area (Å²) < 4.78 is 5.71. The van der Waals surface area contributed by atoms with Crippen LogP contribution >= 0.6 is 11.3 Å². The second-order valence-corrected chi connectivity index (χ2v) is 6.67. The highest BCUT2D eigenvalue weighted by molar-refractivity contribution is 7.09. The van der Waals surface area contributed by atoms with E-state index in [-0.39, 0.29) is 12.0 Å². The van der Waals surface area contributed by atoms with Crippen molar-refractivity contribution in [2.24, 2.45) is 0 Å². The molecule has 0 saturated carbocycles. The number of thiazole rings is 1. The van der Waals surface area contributed by atoms with Gasteiger partial charge in [0.1, 0.15) is 0 Å². The fraction of sp³-hybridized carbons (Fsp3) is 0.471. The van der Waals surface area contributed by atoms with E-state index in [9.17, 15) is 4.79 Å². The molecule has 0 unspecified atom stereocenters. The smallest absolute Gasteiger partial charge is 0.223 e. The van der Waals surface area contributed by atoms with E-state index in [2.05, 4.69) is 9.97 Å². The summed E-state index contributed by atoms with van der Waals surface area (Å²) in [7, 11) is 0. The van der Waals surface area contributed by atoms with Gasteiger partial charge in [-0.25, -0.2) is 4.98 Å². The number of ether oxygens (including phenoxy) is 1. The molecule has 1 atom stereocenters. The average molecular weight is 331 g/mol. The van der Waals surface area contributed by atoms with Crippen molar-refractivity contribution < 1.29 is 9.53 Å². The number of aromatic nitrogens is 2. The zero-order valence-corrected chi connectivity index (χ0v) is 13.9. The number of carbonyl (C=O) groups excluding carboxylic acids is 1. The van der Waals surface area contributed by atoms with E-state index in [1.807, 2.05) is 22.4 Å². The van der Waals surface area contributed by atoms with Crippen molar-refractivity contribution in [3.8, 4) is 0 Å². The minimum absolute atomic E-state index is 0.160. The maximum absolute atomic E-state index is 12.7. The highest BCUT2D eigenvalue weighted by Gasteiger charge is 2.22. The van der Waals surface area contributed by atoms with Crippen molar-refractivity contribution in [2.75, 3.05) is 13.2 Å². The fourth-order valence-electron chi connectivity index (χ4n) is 2.75. The lowest BCUT2D eigenvalue weighted by Gasteiger charge is -2.25. The molecule has 1 aliphatic heterocycles. The molecule has 23 heavy (non-hydrogen) atoms. The Bertz CT molecular complexity index is 598. The van der Waals surface area contributed by atoms with Crippen LogP contribution in [0.15, 0.2) is 36.1 Å². The molecule has 1 amide bonds. The van der Waals surface area contributed by atoms with Crippen LogP contribution in [-0.2, 0) is 22.5 Å². The first kappa shape index (κ1) is 16.1. The fourth-order valence-corrected chi connectivity index (χ4v) is 3.37. The molecule has 1 aliphatic rings. The number of aryl methyl sites for hydroxylation is 1. The van der Waals surface area contributed by atoms with Crippen LogP contribution in [0.2, 0.25) is 0 Å². The first-order valence-corrected chi connectivity index (χ1v) is 8.86. The third-order valence-corrected chi connectivity index (χ3v) is 4.80. The topological polar surface area (TPSA) is 55.3 Å². The summed E-state index contributed by atoms with van der Waals surface area (Å²) in [5, 5.41) is 2.96. The molecule has 2 aromatic rings. The van der Waals surface area contributed by atoms with Crippen molar-refractivity contribution >= 4 is 17.2 Å². The molecule has 0 N–H and O–H groups in total. The van der Waals surface area contributed by atoms with E-state index >= 15 is 0 Å². The average Bonchev–Trinajstić information content (AvgIpc) is 3.26. The molecule has 0 spiro atoms. The van der Waals surface area contributed by atoms with Crippen molar-refractivity contribution in [2.45, 2.75) is 38.3 Å². The summed E-state index contributed by atoms with van der Waals surface area (Å²) in [5.41, 5.74) is 1.10. The van der Waals surface area contributed by atoms with Crippen LogP contribution in [0, 0.1) is 0 Å². The highest BCUT2D eigenvalue weighted by Crippen LogP contribution is 2.16. The van der Waals surface area contributed by atoms with Crippen molar-refractivity contribution in [3.05, 3.63) is 46.7 Å². The maximum atomic E-state index is 12.7. The predicted molar refractivity (Wildman–Crippen MR) is 89.1 cm³/mol. The van der Waals surface area contributed by atoms with Gasteiger partial charge in [-0.1, -0.05) is 0 Å². The molecule has 122 valence electrons. The maximum Gasteiger partial charge on any atom is 0.223 e. The molecule has 1 fully saturated rings. The minimum atomic E-state index is 0.160. The normalized spacial score (nSPS) is 17.3. The van der Waals surface area contributed by atoms with E-state index in [0.29, 0.717) is 25.9 Å². The predicted octanol–water partition coefficient (Wildman–Crippen LogP) is 2.68. The van der Waals surface area contributed by atoms with Gasteiger partial charge in [0.25, 0.3) is 0 Å². The van der Waals surface area contributed by atoms with Gasteiger partial charge in [-0.15, -0.1) is 11.3 Å². The zero-order valence-electron chi connectivity index (χ0n) is 13.1. The second kappa shape index (κ2) is 8.17. The van der Waals surface area contributed by atoms with Crippen LogP contribution in [0.5, 0.6) is 0 Å². The number of hydrogen-bond acceptors (Lipinski definition) is 5. The quantitative estimate of drug-likeness (QED) is 0.783. The molecule has 0 bridgehead atoms. The summed E-state index contributed by atoms with van der Waals surface area (Å²) in [6.45, 7) is 2.08. The second-order valence-electron chi connectivity index (χ2n) is 5.69. The molecule has 0 aromatic carbocycles. The van der Waals surface area contributed by atoms with Crippen molar-refractivity contribution in [1.82, 2.24) is 14.9 Å². The molecule has 5 nitrogen and oxygen atoms in total. The van der Waals surface area contributed by atoms with Crippen molar-refractivity contribution in [1.29, 1.82) is 0 Å². The third kappa shape index (κ3) is 4.84. The Morgan fingerprint density at radius 3 is 2.91 bits per heavy atom. The van der Waals surface area contributed by atoms with Crippen LogP contribution < -0.4 is 0 Å². The summed E-state index contributed by atoms with van der Waals surface area (Å²) in [5.74, 6) is 0.160. The lowest BCUT2D eigenvalue weighted by Crippen LogP contribution is -2.37. The van der Waals surface area contributed by atoms with Crippen molar-refractivity contribution in [3.63, 3.8) is 0 Å². The van der Waals surface area contributed by atoms with E-state index in [4.69, 9.17) is 4.74 Å². The van der Waals surface area contributed by atoms with Crippen LogP contribution in [0.1, 0.15) is 29.8 Å². The van der Waals surface area contributed by atoms with Crippen LogP contribution in [0.4, 0.5) is 0 Å². The molecule has 3 rings (SSSR count). The number of carbonyl (C=O) groups is 1. The first-order valence-electron chi connectivity index (χ1n) is 7.98. The van der Waals surface area contributed by atoms with E-state index in [1.54, 1.807) is 29.9 Å². The van der Waals surface area contributed by atoms with Gasteiger partial charge in [-0.2, -0.15) is 0 Å². The molecule has 0 radical (unpaired) electrons. The van der Waals surface area contributed by atoms with Gasteiger partial charge in [0.05, 0.1) is 11.1 Å². The number of rotatable bonds is 7. The SMILES string of the molecule is O=C(CCc1nccs1)N(Cc1ccncc1)C[C@H]1CCCO1. The number of hydrogen-bond donors (Lipinski definition) is 0. The Balaban J connectivity index is 1.61. The minimum Gasteiger partial charge on any atom is -0.376 e. The van der Waals surface area contributed by atoms with Crippen LogP contribution in [0.3, 0.4) is 0 Å². The van der Waals surface area contributed by atoms with E-state index < -0.39 is 0 Å². The summed E-state index contributed by atoms with van der Waals surface area (Å²) in [6, 6.07) is 3.91. The largest absolute Gasteiger partial charge is 0.376 e. The third-order valence-electron chi connectivity index (χ3n) is 3.96. The molecular formula is C17H21N3O2S. The summed E-state index contributed by atoms with van der Waals surface area (Å²) >= 11 is 1.60. The molecule has 0 aliphatic carbocycles. The van der Waals surface area contributed by atoms with Gasteiger partial charge < -0.3 is 9.64 Å². The number of pyridine rings is 1. The van der Waals surface area contributed by atoms with Gasteiger partial charge in [0.2, 0.25) is 5.91 Å². The van der Waals surface area contributed by atoms with Gasteiger partial charge >= 0.3 is 0 Å². The zero-order chi connectivity index (χ0) is 15.9. The Kier molecular flexibility index (Phi) is 5.71. The Labute approximate surface area is 140 Å². The molecular weight excluding hydrogens is 310 g/mol. The van der Waals surface area contributed by atoms with Crippen LogP contribution in [0.25, 0.3) is 0 Å². The molecule has 1 saturated heterocycles. The number of nitrogens with zero attached hydrogens (tertiary/aromatic N) is 3. The summed E-state index contributed by atoms with van der Waals surface area (Å²) in [4.78, 5) is 22.9. The highest BCUT2D eigenvalue weighted by atomic mass is 32.1. The lowest BCUT2D eigenvalue weighted by atomic mass is 10.1. The van der Waals surface area contributed by atoms with Gasteiger partial charge in [-0.3, -0.25) is 9.78 Å². The first-order chi connectivity index (χ1) is 11.3. The molecule has 6 heteroatoms. The Hall–Kier alpha value is -1.79. The van der Waals surface area contributed by atoms with Gasteiger partial charge in [0.15, 0.2) is 0 Å². The summed E-state index contributed by atoms with van der Waals surface area (Å²) in [6.07, 6.45) is 8.79. The monoisotopic (exact) mass is 331 g/mol. The van der Waals surface area contributed by atoms with Crippen LogP contribution in [-0.4, -0.2) is 40.0 Å². The van der Waals surface area contributed by atoms with E-state index in [1.165, 1.54) is 0 Å². The number of amides is 1.